The molecule has 20 heavy (non-hydrogen) atoms. The van der Waals surface area contributed by atoms with Gasteiger partial charge in [-0.2, -0.15) is 0 Å². The van der Waals surface area contributed by atoms with Crippen LogP contribution in [-0.4, -0.2) is 22.0 Å². The van der Waals surface area contributed by atoms with Crippen LogP contribution in [0.2, 0.25) is 0 Å². The van der Waals surface area contributed by atoms with E-state index in [1.54, 1.807) is 12.3 Å². The fourth-order valence-electron chi connectivity index (χ4n) is 2.28. The molecule has 1 fully saturated rings. The van der Waals surface area contributed by atoms with Crippen LogP contribution in [0.25, 0.3) is 0 Å². The Balaban J connectivity index is 1.59. The molecule has 3 N–H and O–H groups in total. The van der Waals surface area contributed by atoms with Crippen molar-refractivity contribution >= 4 is 11.6 Å². The molecule has 0 spiro atoms. The highest BCUT2D eigenvalue weighted by molar-refractivity contribution is 5.93. The zero-order chi connectivity index (χ0) is 13.9. The summed E-state index contributed by atoms with van der Waals surface area (Å²) >= 11 is 0. The predicted octanol–water partition coefficient (Wildman–Crippen LogP) is 1.77. The number of nitrogens with two attached hydrogens (primary N) is 1. The molecule has 0 radical (unpaired) electrons. The van der Waals surface area contributed by atoms with E-state index in [0.29, 0.717) is 24.0 Å². The number of pyridine rings is 1. The zero-order valence-electron chi connectivity index (χ0n) is 11.2. The number of nitrogen functional groups attached to an aromatic ring is 1. The third kappa shape index (κ3) is 2.82. The fraction of sp³-hybridized carbons (Fsp3) is 0.333. The van der Waals surface area contributed by atoms with Gasteiger partial charge in [-0.05, 0) is 31.0 Å². The standard InChI is InChI=1S/C15H18N4O/c16-11-9-14(19(10-11)13-4-5-13)15(20)18-8-6-12-3-1-2-7-17-12/h1-3,7,9-10,13H,4-6,8,16H2,(H,18,20). The average Bonchev–Trinajstić information content (AvgIpc) is 3.22. The van der Waals surface area contributed by atoms with E-state index in [0.717, 1.165) is 25.0 Å². The van der Waals surface area contributed by atoms with Crippen molar-refractivity contribution in [2.24, 2.45) is 0 Å². The van der Waals surface area contributed by atoms with E-state index in [9.17, 15) is 4.79 Å². The number of carbonyl (C=O) groups is 1. The average molecular weight is 270 g/mol. The molecule has 0 aromatic carbocycles. The van der Waals surface area contributed by atoms with E-state index in [4.69, 9.17) is 5.73 Å². The van der Waals surface area contributed by atoms with E-state index in [1.165, 1.54) is 0 Å². The highest BCUT2D eigenvalue weighted by atomic mass is 16.1. The molecule has 0 atom stereocenters. The van der Waals surface area contributed by atoms with Gasteiger partial charge in [0.05, 0.1) is 5.69 Å². The smallest absolute Gasteiger partial charge is 0.268 e. The summed E-state index contributed by atoms with van der Waals surface area (Å²) in [4.78, 5) is 16.4. The number of hydrogen-bond acceptors (Lipinski definition) is 3. The molecule has 104 valence electrons. The van der Waals surface area contributed by atoms with Crippen molar-refractivity contribution in [3.63, 3.8) is 0 Å². The van der Waals surface area contributed by atoms with Crippen molar-refractivity contribution in [2.75, 3.05) is 12.3 Å². The van der Waals surface area contributed by atoms with Crippen molar-refractivity contribution in [1.82, 2.24) is 14.9 Å². The summed E-state index contributed by atoms with van der Waals surface area (Å²) in [7, 11) is 0. The van der Waals surface area contributed by atoms with Crippen molar-refractivity contribution in [1.29, 1.82) is 0 Å². The van der Waals surface area contributed by atoms with Crippen LogP contribution in [0.15, 0.2) is 36.7 Å². The van der Waals surface area contributed by atoms with Crippen LogP contribution in [0.1, 0.15) is 35.1 Å². The van der Waals surface area contributed by atoms with E-state index < -0.39 is 0 Å². The number of nitrogens with one attached hydrogen (secondary N) is 1. The monoisotopic (exact) mass is 270 g/mol. The maximum atomic E-state index is 12.2. The van der Waals surface area contributed by atoms with Crippen LogP contribution in [-0.2, 0) is 6.42 Å². The van der Waals surface area contributed by atoms with E-state index in [2.05, 4.69) is 10.3 Å². The number of hydrogen-bond donors (Lipinski definition) is 2. The topological polar surface area (TPSA) is 72.9 Å². The van der Waals surface area contributed by atoms with Crippen molar-refractivity contribution in [3.8, 4) is 0 Å². The Labute approximate surface area is 117 Å². The minimum Gasteiger partial charge on any atom is -0.397 e. The molecule has 1 aliphatic rings. The summed E-state index contributed by atoms with van der Waals surface area (Å²) in [5.41, 5.74) is 8.07. The maximum absolute atomic E-state index is 12.2. The molecule has 2 aromatic rings. The van der Waals surface area contributed by atoms with Gasteiger partial charge in [-0.1, -0.05) is 6.07 Å². The fourth-order valence-corrected chi connectivity index (χ4v) is 2.28. The number of rotatable bonds is 5. The minimum absolute atomic E-state index is 0.0652. The lowest BCUT2D eigenvalue weighted by Crippen LogP contribution is -2.27. The minimum atomic E-state index is -0.0652. The molecule has 1 amide bonds. The zero-order valence-corrected chi connectivity index (χ0v) is 11.2. The van der Waals surface area contributed by atoms with Crippen LogP contribution in [0, 0.1) is 0 Å². The molecule has 0 bridgehead atoms. The van der Waals surface area contributed by atoms with Gasteiger partial charge >= 0.3 is 0 Å². The third-order valence-electron chi connectivity index (χ3n) is 3.44. The molecule has 2 aromatic heterocycles. The van der Waals surface area contributed by atoms with Crippen LogP contribution in [0.5, 0.6) is 0 Å². The molecular formula is C15H18N4O. The predicted molar refractivity (Wildman–Crippen MR) is 77.4 cm³/mol. The van der Waals surface area contributed by atoms with Gasteiger partial charge in [-0.15, -0.1) is 0 Å². The van der Waals surface area contributed by atoms with Gasteiger partial charge in [0.1, 0.15) is 5.69 Å². The lowest BCUT2D eigenvalue weighted by Gasteiger charge is -2.08. The van der Waals surface area contributed by atoms with Crippen molar-refractivity contribution in [3.05, 3.63) is 48.0 Å². The molecule has 0 unspecified atom stereocenters. The van der Waals surface area contributed by atoms with Gasteiger partial charge < -0.3 is 15.6 Å². The van der Waals surface area contributed by atoms with Crippen LogP contribution < -0.4 is 11.1 Å². The lowest BCUT2D eigenvalue weighted by atomic mass is 10.2. The van der Waals surface area contributed by atoms with Crippen LogP contribution in [0.3, 0.4) is 0 Å². The summed E-state index contributed by atoms with van der Waals surface area (Å²) in [6.45, 7) is 0.575. The lowest BCUT2D eigenvalue weighted by molar-refractivity contribution is 0.0944. The number of nitrogens with zero attached hydrogens (tertiary/aromatic N) is 2. The second-order valence-corrected chi connectivity index (χ2v) is 5.12. The molecular weight excluding hydrogens is 252 g/mol. The van der Waals surface area contributed by atoms with Crippen molar-refractivity contribution < 1.29 is 4.79 Å². The summed E-state index contributed by atoms with van der Waals surface area (Å²) in [5, 5.41) is 2.93. The first-order valence-electron chi connectivity index (χ1n) is 6.89. The van der Waals surface area contributed by atoms with Gasteiger partial charge in [-0.3, -0.25) is 9.78 Å². The Morgan fingerprint density at radius 1 is 1.45 bits per heavy atom. The van der Waals surface area contributed by atoms with Crippen LogP contribution >= 0.6 is 0 Å². The summed E-state index contributed by atoms with van der Waals surface area (Å²) < 4.78 is 1.99. The molecule has 1 aliphatic carbocycles. The van der Waals surface area contributed by atoms with Gasteiger partial charge in [0.25, 0.3) is 5.91 Å². The summed E-state index contributed by atoms with van der Waals surface area (Å²) in [5.74, 6) is -0.0652. The molecule has 5 heteroatoms. The summed E-state index contributed by atoms with van der Waals surface area (Å²) in [6.07, 6.45) is 6.60. The van der Waals surface area contributed by atoms with Gasteiger partial charge in [0, 0.05) is 37.1 Å². The number of aromatic nitrogens is 2. The highest BCUT2D eigenvalue weighted by Gasteiger charge is 2.27. The summed E-state index contributed by atoms with van der Waals surface area (Å²) in [6, 6.07) is 7.98. The maximum Gasteiger partial charge on any atom is 0.268 e. The number of anilines is 1. The molecule has 2 heterocycles. The Morgan fingerprint density at radius 3 is 3.00 bits per heavy atom. The quantitative estimate of drug-likeness (QED) is 0.869. The normalized spacial score (nSPS) is 14.2. The molecule has 0 aliphatic heterocycles. The first kappa shape index (κ1) is 12.7. The van der Waals surface area contributed by atoms with E-state index in [1.807, 2.05) is 29.0 Å². The number of amides is 1. The van der Waals surface area contributed by atoms with E-state index in [-0.39, 0.29) is 5.91 Å². The highest BCUT2D eigenvalue weighted by Crippen LogP contribution is 2.37. The molecule has 1 saturated carbocycles. The second-order valence-electron chi connectivity index (χ2n) is 5.12. The third-order valence-corrected chi connectivity index (χ3v) is 3.44. The van der Waals surface area contributed by atoms with Gasteiger partial charge in [-0.25, -0.2) is 0 Å². The van der Waals surface area contributed by atoms with Gasteiger partial charge in [0.2, 0.25) is 0 Å². The van der Waals surface area contributed by atoms with Gasteiger partial charge in [0.15, 0.2) is 0 Å². The van der Waals surface area contributed by atoms with Crippen molar-refractivity contribution in [2.45, 2.75) is 25.3 Å². The molecule has 0 saturated heterocycles. The molecule has 3 rings (SSSR count). The Kier molecular flexibility index (Phi) is 3.41. The van der Waals surface area contributed by atoms with Crippen LogP contribution in [0.4, 0.5) is 5.69 Å². The first-order chi connectivity index (χ1) is 9.74. The largest absolute Gasteiger partial charge is 0.397 e. The second kappa shape index (κ2) is 5.36. The Hall–Kier alpha value is -2.30. The first-order valence-corrected chi connectivity index (χ1v) is 6.89. The number of carbonyl (C=O) groups excluding carboxylic acids is 1. The SMILES string of the molecule is Nc1cc(C(=O)NCCc2ccccn2)n(C2CC2)c1. The Morgan fingerprint density at radius 2 is 2.30 bits per heavy atom. The van der Waals surface area contributed by atoms with E-state index >= 15 is 0 Å². The Bertz CT molecular complexity index is 602. The molecule has 5 nitrogen and oxygen atoms in total.